The molecule has 2 heteroatoms. The number of nitrogens with one attached hydrogen (secondary N) is 1. The number of halogens is 1. The van der Waals surface area contributed by atoms with Crippen molar-refractivity contribution < 1.29 is 12.4 Å². The van der Waals surface area contributed by atoms with Crippen molar-refractivity contribution >= 4 is 0 Å². The highest BCUT2D eigenvalue weighted by molar-refractivity contribution is 5.22. The maximum atomic E-state index is 3.49. The Bertz CT molecular complexity index is 256. The number of aryl methyl sites for hydroxylation is 1. The van der Waals surface area contributed by atoms with E-state index in [1.54, 1.807) is 0 Å². The van der Waals surface area contributed by atoms with Crippen molar-refractivity contribution in [3.8, 4) is 0 Å². The van der Waals surface area contributed by atoms with Gasteiger partial charge < -0.3 is 17.7 Å². The second-order valence-corrected chi connectivity index (χ2v) is 3.86. The molecule has 0 saturated carbocycles. The zero-order valence-electron chi connectivity index (χ0n) is 9.89. The fourth-order valence-electron chi connectivity index (χ4n) is 1.33. The van der Waals surface area contributed by atoms with Crippen LogP contribution in [-0.4, -0.2) is 6.04 Å². The summed E-state index contributed by atoms with van der Waals surface area (Å²) in [6, 6.07) is 9.48. The van der Waals surface area contributed by atoms with Gasteiger partial charge in [0.05, 0.1) is 0 Å². The molecule has 0 bridgehead atoms. The summed E-state index contributed by atoms with van der Waals surface area (Å²) < 4.78 is 0. The summed E-state index contributed by atoms with van der Waals surface area (Å²) in [6.07, 6.45) is 2.31. The van der Waals surface area contributed by atoms with Crippen LogP contribution in [0.2, 0.25) is 0 Å². The van der Waals surface area contributed by atoms with Crippen molar-refractivity contribution in [1.82, 2.24) is 5.32 Å². The van der Waals surface area contributed by atoms with Crippen molar-refractivity contribution in [3.63, 3.8) is 0 Å². The first-order chi connectivity index (χ1) is 6.76. The Morgan fingerprint density at radius 1 is 1.07 bits per heavy atom. The van der Waals surface area contributed by atoms with Gasteiger partial charge in [0, 0.05) is 12.6 Å². The van der Waals surface area contributed by atoms with Crippen molar-refractivity contribution in [2.24, 2.45) is 0 Å². The van der Waals surface area contributed by atoms with Crippen LogP contribution in [0.25, 0.3) is 0 Å². The molecule has 0 aliphatic heterocycles. The molecule has 0 saturated heterocycles. The van der Waals surface area contributed by atoms with Gasteiger partial charge in [0.1, 0.15) is 0 Å². The molecule has 1 nitrogen and oxygen atoms in total. The number of hydrogen-bond donors (Lipinski definition) is 1. The van der Waals surface area contributed by atoms with Gasteiger partial charge in [-0.2, -0.15) is 0 Å². The molecule has 86 valence electrons. The highest BCUT2D eigenvalue weighted by atomic mass is 35.5. The molecule has 0 heterocycles. The predicted molar refractivity (Wildman–Crippen MR) is 62.4 cm³/mol. The maximum Gasteiger partial charge on any atom is 0.0207 e. The Kier molecular flexibility index (Phi) is 7.45. The number of benzene rings is 1. The van der Waals surface area contributed by atoms with Crippen LogP contribution in [0.5, 0.6) is 0 Å². The number of rotatable bonds is 5. The molecular weight excluding hydrogens is 206 g/mol. The largest absolute Gasteiger partial charge is 1.00 e. The molecule has 0 radical (unpaired) electrons. The second kappa shape index (κ2) is 7.72. The van der Waals surface area contributed by atoms with Crippen LogP contribution in [0.4, 0.5) is 0 Å². The summed E-state index contributed by atoms with van der Waals surface area (Å²) in [5.41, 5.74) is 2.79. The van der Waals surface area contributed by atoms with E-state index in [0.29, 0.717) is 6.04 Å². The summed E-state index contributed by atoms with van der Waals surface area (Å²) in [5.74, 6) is 0. The van der Waals surface area contributed by atoms with Crippen LogP contribution in [-0.2, 0) is 13.0 Å². The van der Waals surface area contributed by atoms with E-state index in [0.717, 1.165) is 13.0 Å². The van der Waals surface area contributed by atoms with Crippen molar-refractivity contribution in [2.45, 2.75) is 46.2 Å². The van der Waals surface area contributed by atoms with E-state index in [1.807, 2.05) is 0 Å². The van der Waals surface area contributed by atoms with Gasteiger partial charge in [-0.15, -0.1) is 0 Å². The van der Waals surface area contributed by atoms with E-state index < -0.39 is 0 Å². The third-order valence-corrected chi connectivity index (χ3v) is 2.70. The smallest absolute Gasteiger partial charge is 0.0207 e. The van der Waals surface area contributed by atoms with E-state index in [4.69, 9.17) is 0 Å². The predicted octanol–water partition coefficient (Wildman–Crippen LogP) is 0.141. The minimum absolute atomic E-state index is 0. The molecule has 1 atom stereocenters. The molecule has 1 aromatic carbocycles. The highest BCUT2D eigenvalue weighted by Crippen LogP contribution is 2.05. The lowest BCUT2D eigenvalue weighted by atomic mass is 10.1. The van der Waals surface area contributed by atoms with Gasteiger partial charge in [-0.3, -0.25) is 0 Å². The fraction of sp³-hybridized carbons (Fsp3) is 0.538. The lowest BCUT2D eigenvalue weighted by Crippen LogP contribution is -3.00. The van der Waals surface area contributed by atoms with Gasteiger partial charge in [0.2, 0.25) is 0 Å². The van der Waals surface area contributed by atoms with Crippen LogP contribution in [0.3, 0.4) is 0 Å². The van der Waals surface area contributed by atoms with Gasteiger partial charge in [-0.25, -0.2) is 0 Å². The molecule has 1 unspecified atom stereocenters. The van der Waals surface area contributed by atoms with Gasteiger partial charge in [-0.05, 0) is 30.9 Å². The van der Waals surface area contributed by atoms with Crippen LogP contribution in [0.15, 0.2) is 24.3 Å². The first kappa shape index (κ1) is 14.5. The lowest BCUT2D eigenvalue weighted by Gasteiger charge is -2.11. The molecule has 0 amide bonds. The molecule has 1 aromatic rings. The molecule has 1 N–H and O–H groups in total. The van der Waals surface area contributed by atoms with E-state index in [2.05, 4.69) is 50.4 Å². The summed E-state index contributed by atoms with van der Waals surface area (Å²) >= 11 is 0. The molecule has 0 aliphatic carbocycles. The molecule has 0 fully saturated rings. The van der Waals surface area contributed by atoms with Gasteiger partial charge in [0.15, 0.2) is 0 Å². The summed E-state index contributed by atoms with van der Waals surface area (Å²) in [4.78, 5) is 0. The normalized spacial score (nSPS) is 11.9. The van der Waals surface area contributed by atoms with Crippen molar-refractivity contribution in [1.29, 1.82) is 0 Å². The van der Waals surface area contributed by atoms with Crippen LogP contribution >= 0.6 is 0 Å². The van der Waals surface area contributed by atoms with Crippen molar-refractivity contribution in [2.75, 3.05) is 0 Å². The lowest BCUT2D eigenvalue weighted by molar-refractivity contribution is -0.00000318. The minimum atomic E-state index is 0. The first-order valence-electron chi connectivity index (χ1n) is 5.57. The summed E-state index contributed by atoms with van der Waals surface area (Å²) in [7, 11) is 0. The van der Waals surface area contributed by atoms with E-state index in [-0.39, 0.29) is 12.4 Å². The fourth-order valence-corrected chi connectivity index (χ4v) is 1.33. The Labute approximate surface area is 99.7 Å². The maximum absolute atomic E-state index is 3.49. The average Bonchev–Trinajstić information content (AvgIpc) is 2.26. The van der Waals surface area contributed by atoms with Crippen molar-refractivity contribution in [3.05, 3.63) is 35.4 Å². The zero-order chi connectivity index (χ0) is 10.4. The molecule has 0 aliphatic rings. The SMILES string of the molecule is CCc1ccc(CNC(C)CC)cc1.[Cl-]. The molecule has 0 aromatic heterocycles. The topological polar surface area (TPSA) is 12.0 Å². The van der Waals surface area contributed by atoms with E-state index >= 15 is 0 Å². The Morgan fingerprint density at radius 2 is 1.60 bits per heavy atom. The van der Waals surface area contributed by atoms with Crippen LogP contribution < -0.4 is 17.7 Å². The quantitative estimate of drug-likeness (QED) is 0.754. The standard InChI is InChI=1S/C13H21N.ClH/c1-4-11(3)14-10-13-8-6-12(5-2)7-9-13;/h6-9,11,14H,4-5,10H2,1-3H3;1H/p-1. The Morgan fingerprint density at radius 3 is 2.07 bits per heavy atom. The Balaban J connectivity index is 0.00000196. The average molecular weight is 227 g/mol. The van der Waals surface area contributed by atoms with E-state index in [1.165, 1.54) is 17.5 Å². The highest BCUT2D eigenvalue weighted by Gasteiger charge is 1.97. The first-order valence-corrected chi connectivity index (χ1v) is 5.57. The molecule has 1 rings (SSSR count). The third kappa shape index (κ3) is 5.19. The van der Waals surface area contributed by atoms with E-state index in [9.17, 15) is 0 Å². The molecule has 0 spiro atoms. The second-order valence-electron chi connectivity index (χ2n) is 3.86. The molecule has 15 heavy (non-hydrogen) atoms. The van der Waals surface area contributed by atoms with Crippen LogP contribution in [0, 0.1) is 0 Å². The number of hydrogen-bond acceptors (Lipinski definition) is 1. The third-order valence-electron chi connectivity index (χ3n) is 2.70. The minimum Gasteiger partial charge on any atom is -1.00 e. The van der Waals surface area contributed by atoms with Gasteiger partial charge in [0.25, 0.3) is 0 Å². The van der Waals surface area contributed by atoms with Crippen LogP contribution in [0.1, 0.15) is 38.3 Å². The van der Waals surface area contributed by atoms with Gasteiger partial charge in [-0.1, -0.05) is 38.1 Å². The Hall–Kier alpha value is -0.530. The van der Waals surface area contributed by atoms with Gasteiger partial charge >= 0.3 is 0 Å². The monoisotopic (exact) mass is 226 g/mol. The zero-order valence-corrected chi connectivity index (χ0v) is 10.6. The summed E-state index contributed by atoms with van der Waals surface area (Å²) in [6.45, 7) is 7.60. The molecular formula is C13H21ClN-. The summed E-state index contributed by atoms with van der Waals surface area (Å²) in [5, 5.41) is 3.49.